The maximum absolute atomic E-state index is 12.9. The van der Waals surface area contributed by atoms with E-state index in [0.717, 1.165) is 12.1 Å². The number of benzene rings is 2. The van der Waals surface area contributed by atoms with Gasteiger partial charge in [0.1, 0.15) is 5.75 Å². The lowest BCUT2D eigenvalue weighted by Gasteiger charge is -2.18. The summed E-state index contributed by atoms with van der Waals surface area (Å²) < 4.78 is 43.8. The molecule has 26 heavy (non-hydrogen) atoms. The molecule has 2 aromatic rings. The summed E-state index contributed by atoms with van der Waals surface area (Å²) in [4.78, 5) is 12.7. The van der Waals surface area contributed by atoms with Crippen LogP contribution in [-0.2, 0) is 16.4 Å². The van der Waals surface area contributed by atoms with E-state index in [1.54, 1.807) is 24.3 Å². The largest absolute Gasteiger partial charge is 0.495 e. The number of nitrogens with two attached hydrogens (primary N) is 1. The highest BCUT2D eigenvalue weighted by Crippen LogP contribution is 2.50. The molecule has 0 heterocycles. The average Bonchev–Trinajstić information content (AvgIpc) is 3.36. The smallest absolute Gasteiger partial charge is 0.416 e. The van der Waals surface area contributed by atoms with Crippen molar-refractivity contribution in [3.63, 3.8) is 0 Å². The van der Waals surface area contributed by atoms with E-state index in [0.29, 0.717) is 35.5 Å². The number of anilines is 2. The van der Waals surface area contributed by atoms with Crippen LogP contribution in [0.2, 0.25) is 0 Å². The first-order valence-electron chi connectivity index (χ1n) is 7.69. The number of ether oxygens (including phenoxy) is 1. The van der Waals surface area contributed by atoms with E-state index in [9.17, 15) is 18.0 Å². The first kappa shape index (κ1) is 19.9. The number of hydrogen-bond donors (Lipinski definition) is 2. The Kier molecular flexibility index (Phi) is 5.41. The molecule has 0 radical (unpaired) electrons. The van der Waals surface area contributed by atoms with Gasteiger partial charge in [-0.2, -0.15) is 13.2 Å². The number of alkyl halides is 3. The van der Waals surface area contributed by atoms with Crippen LogP contribution in [0.5, 0.6) is 5.75 Å². The number of halogens is 4. The van der Waals surface area contributed by atoms with Gasteiger partial charge >= 0.3 is 6.18 Å². The number of hydrogen-bond acceptors (Lipinski definition) is 3. The third kappa shape index (κ3) is 3.72. The maximum atomic E-state index is 12.9. The second-order valence-electron chi connectivity index (χ2n) is 6.07. The lowest BCUT2D eigenvalue weighted by molar-refractivity contribution is -0.137. The van der Waals surface area contributed by atoms with Gasteiger partial charge in [-0.05, 0) is 42.7 Å². The molecule has 2 aromatic carbocycles. The van der Waals surface area contributed by atoms with Gasteiger partial charge in [0.05, 0.1) is 23.8 Å². The Bertz CT molecular complexity index is 820. The van der Waals surface area contributed by atoms with Crippen LogP contribution >= 0.6 is 12.4 Å². The van der Waals surface area contributed by atoms with E-state index in [2.05, 4.69) is 5.32 Å². The van der Waals surface area contributed by atoms with Gasteiger partial charge in [0.2, 0.25) is 5.91 Å². The summed E-state index contributed by atoms with van der Waals surface area (Å²) in [7, 11) is 1.48. The van der Waals surface area contributed by atoms with Gasteiger partial charge in [-0.1, -0.05) is 18.2 Å². The quantitative estimate of drug-likeness (QED) is 0.766. The Balaban J connectivity index is 0.00000243. The summed E-state index contributed by atoms with van der Waals surface area (Å²) in [6.45, 7) is 0. The molecule has 1 aliphatic carbocycles. The van der Waals surface area contributed by atoms with E-state index in [4.69, 9.17) is 10.5 Å². The molecule has 3 rings (SSSR count). The molecule has 0 unspecified atom stereocenters. The van der Waals surface area contributed by atoms with Gasteiger partial charge in [0.25, 0.3) is 0 Å². The number of carbonyl (C=O) groups is 1. The zero-order chi connectivity index (χ0) is 18.2. The normalized spacial score (nSPS) is 14.9. The van der Waals surface area contributed by atoms with E-state index in [1.807, 2.05) is 0 Å². The summed E-state index contributed by atoms with van der Waals surface area (Å²) in [6, 6.07) is 9.75. The van der Waals surface area contributed by atoms with Crippen LogP contribution < -0.4 is 15.8 Å². The third-order valence-electron chi connectivity index (χ3n) is 4.41. The standard InChI is InChI=1S/C18H17F3N2O2.ClH/c1-25-15-6-5-13(10-14(15)22)23-16(24)17(7-8-17)11-3-2-4-12(9-11)18(19,20)21;/h2-6,9-10H,7-8,22H2,1H3,(H,23,24);1H. The number of rotatable bonds is 4. The second-order valence-corrected chi connectivity index (χ2v) is 6.07. The molecule has 3 N–H and O–H groups in total. The van der Waals surface area contributed by atoms with Crippen LogP contribution in [0.4, 0.5) is 24.5 Å². The molecule has 1 fully saturated rings. The molecular weight excluding hydrogens is 369 g/mol. The third-order valence-corrected chi connectivity index (χ3v) is 4.41. The fraction of sp³-hybridized carbons (Fsp3) is 0.278. The SMILES string of the molecule is COc1ccc(NC(=O)C2(c3cccc(C(F)(F)F)c3)CC2)cc1N.Cl. The van der Waals surface area contributed by atoms with E-state index in [1.165, 1.54) is 13.2 Å². The highest BCUT2D eigenvalue weighted by Gasteiger charge is 2.51. The molecule has 1 amide bonds. The van der Waals surface area contributed by atoms with Crippen LogP contribution in [0.1, 0.15) is 24.0 Å². The lowest BCUT2D eigenvalue weighted by atomic mass is 9.93. The number of methoxy groups -OCH3 is 1. The van der Waals surface area contributed by atoms with E-state index in [-0.39, 0.29) is 18.3 Å². The molecule has 0 bridgehead atoms. The fourth-order valence-electron chi connectivity index (χ4n) is 2.83. The molecule has 0 aliphatic heterocycles. The van der Waals surface area contributed by atoms with Gasteiger partial charge in [0, 0.05) is 5.69 Å². The van der Waals surface area contributed by atoms with Crippen molar-refractivity contribution in [3.05, 3.63) is 53.6 Å². The maximum Gasteiger partial charge on any atom is 0.416 e. The predicted octanol–water partition coefficient (Wildman–Crippen LogP) is 4.39. The number of amides is 1. The molecule has 0 atom stereocenters. The van der Waals surface area contributed by atoms with Crippen molar-refractivity contribution in [1.82, 2.24) is 0 Å². The lowest BCUT2D eigenvalue weighted by Crippen LogP contribution is -2.28. The van der Waals surface area contributed by atoms with Crippen molar-refractivity contribution in [1.29, 1.82) is 0 Å². The molecule has 0 spiro atoms. The van der Waals surface area contributed by atoms with E-state index >= 15 is 0 Å². The van der Waals surface area contributed by atoms with Crippen molar-refractivity contribution in [2.45, 2.75) is 24.4 Å². The van der Waals surface area contributed by atoms with Crippen LogP contribution in [-0.4, -0.2) is 13.0 Å². The van der Waals surface area contributed by atoms with Crippen LogP contribution in [0.3, 0.4) is 0 Å². The molecule has 1 aliphatic rings. The minimum atomic E-state index is -4.44. The van der Waals surface area contributed by atoms with Crippen LogP contribution in [0, 0.1) is 0 Å². The van der Waals surface area contributed by atoms with Crippen molar-refractivity contribution < 1.29 is 22.7 Å². The van der Waals surface area contributed by atoms with Crippen molar-refractivity contribution in [2.24, 2.45) is 0 Å². The van der Waals surface area contributed by atoms with Gasteiger partial charge in [-0.15, -0.1) is 12.4 Å². The highest BCUT2D eigenvalue weighted by molar-refractivity contribution is 6.01. The molecule has 0 saturated heterocycles. The average molecular weight is 387 g/mol. The Morgan fingerprint density at radius 1 is 1.19 bits per heavy atom. The fourth-order valence-corrected chi connectivity index (χ4v) is 2.83. The van der Waals surface area contributed by atoms with E-state index < -0.39 is 17.2 Å². The molecule has 140 valence electrons. The first-order chi connectivity index (χ1) is 11.8. The van der Waals surface area contributed by atoms with Crippen LogP contribution in [0.15, 0.2) is 42.5 Å². The number of nitrogens with one attached hydrogen (secondary N) is 1. The highest BCUT2D eigenvalue weighted by atomic mass is 35.5. The minimum Gasteiger partial charge on any atom is -0.495 e. The molecule has 0 aromatic heterocycles. The topological polar surface area (TPSA) is 64.3 Å². The molecule has 4 nitrogen and oxygen atoms in total. The Morgan fingerprint density at radius 2 is 1.88 bits per heavy atom. The van der Waals surface area contributed by atoms with Crippen LogP contribution in [0.25, 0.3) is 0 Å². The zero-order valence-electron chi connectivity index (χ0n) is 13.9. The molecule has 8 heteroatoms. The summed E-state index contributed by atoms with van der Waals surface area (Å²) in [6.07, 6.45) is -3.43. The Labute approximate surface area is 154 Å². The first-order valence-corrected chi connectivity index (χ1v) is 7.69. The zero-order valence-corrected chi connectivity index (χ0v) is 14.7. The Hall–Kier alpha value is -2.41. The van der Waals surface area contributed by atoms with Gasteiger partial charge in [-0.25, -0.2) is 0 Å². The minimum absolute atomic E-state index is 0. The van der Waals surface area contributed by atoms with Gasteiger partial charge in [-0.3, -0.25) is 4.79 Å². The summed E-state index contributed by atoms with van der Waals surface area (Å²) >= 11 is 0. The van der Waals surface area contributed by atoms with Gasteiger partial charge in [0.15, 0.2) is 0 Å². The monoisotopic (exact) mass is 386 g/mol. The predicted molar refractivity (Wildman–Crippen MR) is 95.6 cm³/mol. The molecule has 1 saturated carbocycles. The number of carbonyl (C=O) groups excluding carboxylic acids is 1. The summed E-state index contributed by atoms with van der Waals surface area (Å²) in [5, 5.41) is 2.74. The van der Waals surface area contributed by atoms with Crippen molar-refractivity contribution >= 4 is 29.7 Å². The molecular formula is C18H18ClF3N2O2. The second kappa shape index (κ2) is 7.07. The number of nitrogen functional groups attached to an aromatic ring is 1. The Morgan fingerprint density at radius 3 is 2.42 bits per heavy atom. The summed E-state index contributed by atoms with van der Waals surface area (Å²) in [5.41, 5.74) is 5.35. The summed E-state index contributed by atoms with van der Waals surface area (Å²) in [5.74, 6) is 0.147. The van der Waals surface area contributed by atoms with Crippen molar-refractivity contribution in [2.75, 3.05) is 18.2 Å². The van der Waals surface area contributed by atoms with Gasteiger partial charge < -0.3 is 15.8 Å². The van der Waals surface area contributed by atoms with Crippen molar-refractivity contribution in [3.8, 4) is 5.75 Å².